The molecule has 3 amide bonds. The normalized spacial score (nSPS) is 9.83. The number of pyridine rings is 1. The van der Waals surface area contributed by atoms with Gasteiger partial charge in [0.15, 0.2) is 0 Å². The summed E-state index contributed by atoms with van der Waals surface area (Å²) in [5.41, 5.74) is 1.38. The first kappa shape index (κ1) is 16.9. The highest BCUT2D eigenvalue weighted by molar-refractivity contribution is 5.98. The monoisotopic (exact) mass is 328 g/mol. The lowest BCUT2D eigenvalue weighted by atomic mass is 10.2. The fraction of sp³-hybridized carbons (Fsp3) is 0.125. The lowest BCUT2D eigenvalue weighted by molar-refractivity contribution is -0.135. The zero-order valence-electron chi connectivity index (χ0n) is 12.7. The van der Waals surface area contributed by atoms with Crippen molar-refractivity contribution in [3.63, 3.8) is 0 Å². The van der Waals surface area contributed by atoms with Gasteiger partial charge in [-0.1, -0.05) is 12.1 Å². The molecule has 0 spiro atoms. The Morgan fingerprint density at radius 1 is 1.04 bits per heavy atom. The maximum atomic E-state index is 11.9. The van der Waals surface area contributed by atoms with Gasteiger partial charge >= 0.3 is 12.0 Å². The number of anilines is 1. The first-order valence-electron chi connectivity index (χ1n) is 7.09. The van der Waals surface area contributed by atoms with Crippen molar-refractivity contribution >= 4 is 23.6 Å². The first-order chi connectivity index (χ1) is 11.5. The van der Waals surface area contributed by atoms with Gasteiger partial charge in [-0.3, -0.25) is 14.6 Å². The van der Waals surface area contributed by atoms with E-state index in [2.05, 4.69) is 20.9 Å². The summed E-state index contributed by atoms with van der Waals surface area (Å²) in [6, 6.07) is 11.1. The molecule has 2 rings (SSSR count). The zero-order valence-corrected chi connectivity index (χ0v) is 12.7. The number of benzene rings is 1. The van der Waals surface area contributed by atoms with Gasteiger partial charge < -0.3 is 21.1 Å². The van der Waals surface area contributed by atoms with Gasteiger partial charge in [-0.25, -0.2) is 4.79 Å². The minimum absolute atomic E-state index is 0.249. The molecule has 0 saturated heterocycles. The summed E-state index contributed by atoms with van der Waals surface area (Å²) in [6.45, 7) is -0.202. The van der Waals surface area contributed by atoms with Crippen LogP contribution in [0.2, 0.25) is 0 Å². The lowest BCUT2D eigenvalue weighted by Gasteiger charge is -2.09. The number of amides is 3. The Labute approximate surface area is 137 Å². The van der Waals surface area contributed by atoms with Gasteiger partial charge in [0.1, 0.15) is 6.54 Å². The fourth-order valence-corrected chi connectivity index (χ4v) is 1.84. The van der Waals surface area contributed by atoms with Crippen LogP contribution in [0.1, 0.15) is 16.1 Å². The van der Waals surface area contributed by atoms with E-state index in [9.17, 15) is 14.4 Å². The van der Waals surface area contributed by atoms with Gasteiger partial charge in [0, 0.05) is 17.4 Å². The molecular weight excluding hydrogens is 312 g/mol. The number of aliphatic carboxylic acids is 1. The van der Waals surface area contributed by atoms with Crippen LogP contribution in [0.15, 0.2) is 48.7 Å². The SMILES string of the molecule is O=C(O)CNC(=O)c1cccc(NC(=O)NCc2ccccn2)c1. The van der Waals surface area contributed by atoms with Gasteiger partial charge in [0.05, 0.1) is 12.2 Å². The van der Waals surface area contributed by atoms with E-state index in [1.807, 2.05) is 6.07 Å². The summed E-state index contributed by atoms with van der Waals surface area (Å²) in [5, 5.41) is 16.0. The number of hydrogen-bond acceptors (Lipinski definition) is 4. The van der Waals surface area contributed by atoms with Crippen molar-refractivity contribution in [2.45, 2.75) is 6.54 Å². The van der Waals surface area contributed by atoms with E-state index in [-0.39, 0.29) is 12.1 Å². The van der Waals surface area contributed by atoms with E-state index >= 15 is 0 Å². The number of nitrogens with one attached hydrogen (secondary N) is 3. The average molecular weight is 328 g/mol. The maximum absolute atomic E-state index is 11.9. The molecule has 0 fully saturated rings. The molecule has 2 aromatic rings. The van der Waals surface area contributed by atoms with Crippen LogP contribution >= 0.6 is 0 Å². The molecule has 0 atom stereocenters. The molecule has 0 radical (unpaired) electrons. The van der Waals surface area contributed by atoms with Crippen molar-refractivity contribution in [2.24, 2.45) is 0 Å². The van der Waals surface area contributed by atoms with Gasteiger partial charge in [-0.15, -0.1) is 0 Å². The van der Waals surface area contributed by atoms with Gasteiger partial charge in [-0.2, -0.15) is 0 Å². The van der Waals surface area contributed by atoms with E-state index in [1.54, 1.807) is 30.5 Å². The quantitative estimate of drug-likeness (QED) is 0.635. The standard InChI is InChI=1S/C16H16N4O4/c21-14(22)10-18-15(23)11-4-3-6-12(8-11)20-16(24)19-9-13-5-1-2-7-17-13/h1-8H,9-10H2,(H,18,23)(H,21,22)(H2,19,20,24). The molecule has 1 aromatic carbocycles. The smallest absolute Gasteiger partial charge is 0.322 e. The minimum Gasteiger partial charge on any atom is -0.480 e. The maximum Gasteiger partial charge on any atom is 0.322 e. The third-order valence-corrected chi connectivity index (χ3v) is 2.94. The van der Waals surface area contributed by atoms with Crippen molar-refractivity contribution in [1.29, 1.82) is 0 Å². The molecule has 1 heterocycles. The Morgan fingerprint density at radius 2 is 1.88 bits per heavy atom. The molecule has 0 aliphatic heterocycles. The molecule has 8 nitrogen and oxygen atoms in total. The second kappa shape index (κ2) is 8.28. The molecule has 0 aliphatic carbocycles. The number of carboxylic acid groups (broad SMARTS) is 1. The molecule has 0 bridgehead atoms. The lowest BCUT2D eigenvalue weighted by Crippen LogP contribution is -2.30. The van der Waals surface area contributed by atoms with Crippen LogP contribution in [0.5, 0.6) is 0 Å². The number of carbonyl (C=O) groups is 3. The van der Waals surface area contributed by atoms with Crippen LogP contribution < -0.4 is 16.0 Å². The second-order valence-electron chi connectivity index (χ2n) is 4.79. The summed E-state index contributed by atoms with van der Waals surface area (Å²) in [5.74, 6) is -1.67. The molecule has 0 aliphatic rings. The zero-order chi connectivity index (χ0) is 17.4. The molecule has 24 heavy (non-hydrogen) atoms. The summed E-state index contributed by atoms with van der Waals surface area (Å²) in [6.07, 6.45) is 1.63. The van der Waals surface area contributed by atoms with E-state index in [1.165, 1.54) is 12.1 Å². The van der Waals surface area contributed by atoms with E-state index in [0.29, 0.717) is 5.69 Å². The topological polar surface area (TPSA) is 120 Å². The average Bonchev–Trinajstić information content (AvgIpc) is 2.59. The van der Waals surface area contributed by atoms with E-state index in [0.717, 1.165) is 5.69 Å². The first-order valence-corrected chi connectivity index (χ1v) is 7.09. The predicted octanol–water partition coefficient (Wildman–Crippen LogP) is 1.22. The largest absolute Gasteiger partial charge is 0.480 e. The van der Waals surface area contributed by atoms with Gasteiger partial charge in [0.2, 0.25) is 0 Å². The summed E-state index contributed by atoms with van der Waals surface area (Å²) in [7, 11) is 0. The highest BCUT2D eigenvalue weighted by Crippen LogP contribution is 2.10. The van der Waals surface area contributed by atoms with Crippen LogP contribution in [0, 0.1) is 0 Å². The molecule has 124 valence electrons. The number of carboxylic acids is 1. The van der Waals surface area contributed by atoms with Gasteiger partial charge in [-0.05, 0) is 30.3 Å². The minimum atomic E-state index is -1.13. The van der Waals surface area contributed by atoms with Gasteiger partial charge in [0.25, 0.3) is 5.91 Å². The second-order valence-corrected chi connectivity index (χ2v) is 4.79. The summed E-state index contributed by atoms with van der Waals surface area (Å²) in [4.78, 5) is 38.2. The van der Waals surface area contributed by atoms with Crippen LogP contribution in [-0.4, -0.2) is 34.5 Å². The van der Waals surface area contributed by atoms with E-state index in [4.69, 9.17) is 5.11 Å². The molecular formula is C16H16N4O4. The van der Waals surface area contributed by atoms with Crippen molar-refractivity contribution in [2.75, 3.05) is 11.9 Å². The molecule has 1 aromatic heterocycles. The summed E-state index contributed by atoms with van der Waals surface area (Å²) < 4.78 is 0. The van der Waals surface area contributed by atoms with Crippen LogP contribution in [-0.2, 0) is 11.3 Å². The van der Waals surface area contributed by atoms with Crippen molar-refractivity contribution in [3.8, 4) is 0 Å². The number of rotatable bonds is 6. The molecule has 8 heteroatoms. The fourth-order valence-electron chi connectivity index (χ4n) is 1.84. The van der Waals surface area contributed by atoms with E-state index < -0.39 is 24.5 Å². The Hall–Kier alpha value is -3.42. The summed E-state index contributed by atoms with van der Waals surface area (Å²) >= 11 is 0. The molecule has 0 saturated carbocycles. The van der Waals surface area contributed by atoms with Crippen LogP contribution in [0.4, 0.5) is 10.5 Å². The number of urea groups is 1. The third kappa shape index (κ3) is 5.41. The van der Waals surface area contributed by atoms with Crippen molar-refractivity contribution in [3.05, 3.63) is 59.9 Å². The highest BCUT2D eigenvalue weighted by atomic mass is 16.4. The Kier molecular flexibility index (Phi) is 5.84. The highest BCUT2D eigenvalue weighted by Gasteiger charge is 2.09. The third-order valence-electron chi connectivity index (χ3n) is 2.94. The number of hydrogen-bond donors (Lipinski definition) is 4. The van der Waals surface area contributed by atoms with Crippen LogP contribution in [0.3, 0.4) is 0 Å². The Bertz CT molecular complexity index is 734. The molecule has 0 unspecified atom stereocenters. The van der Waals surface area contributed by atoms with Crippen molar-refractivity contribution in [1.82, 2.24) is 15.6 Å². The Morgan fingerprint density at radius 3 is 2.58 bits per heavy atom. The Balaban J connectivity index is 1.90. The van der Waals surface area contributed by atoms with Crippen molar-refractivity contribution < 1.29 is 19.5 Å². The number of nitrogens with zero attached hydrogens (tertiary/aromatic N) is 1. The number of carbonyl (C=O) groups excluding carboxylic acids is 2. The van der Waals surface area contributed by atoms with Crippen LogP contribution in [0.25, 0.3) is 0 Å². The number of aromatic nitrogens is 1. The predicted molar refractivity (Wildman–Crippen MR) is 86.5 cm³/mol. The molecule has 4 N–H and O–H groups in total.